The molecule has 92 valence electrons. The Hall–Kier alpha value is -1.89. The number of sulfonamides is 1. The molecule has 0 aliphatic heterocycles. The summed E-state index contributed by atoms with van der Waals surface area (Å²) in [5.41, 5.74) is 0.320. The van der Waals surface area contributed by atoms with E-state index in [2.05, 4.69) is 6.58 Å². The fourth-order valence-electron chi connectivity index (χ4n) is 1.26. The van der Waals surface area contributed by atoms with Crippen molar-refractivity contribution in [3.63, 3.8) is 0 Å². The summed E-state index contributed by atoms with van der Waals surface area (Å²) in [6, 6.07) is 4.23. The third-order valence-electron chi connectivity index (χ3n) is 2.27. The van der Waals surface area contributed by atoms with Crippen LogP contribution in [0.5, 0.6) is 0 Å². The molecule has 6 nitrogen and oxygen atoms in total. The van der Waals surface area contributed by atoms with E-state index in [1.54, 1.807) is 6.07 Å². The number of anilines is 1. The molecule has 0 heterocycles. The van der Waals surface area contributed by atoms with Crippen LogP contribution in [0.3, 0.4) is 0 Å². The Morgan fingerprint density at radius 3 is 2.47 bits per heavy atom. The van der Waals surface area contributed by atoms with Gasteiger partial charge in [-0.2, -0.15) is 0 Å². The minimum Gasteiger partial charge on any atom is -0.267 e. The van der Waals surface area contributed by atoms with Crippen LogP contribution in [0.15, 0.2) is 24.8 Å². The van der Waals surface area contributed by atoms with E-state index < -0.39 is 14.9 Å². The van der Waals surface area contributed by atoms with E-state index in [1.165, 1.54) is 25.3 Å². The van der Waals surface area contributed by atoms with Gasteiger partial charge in [0.25, 0.3) is 5.69 Å². The van der Waals surface area contributed by atoms with Gasteiger partial charge in [-0.3, -0.25) is 14.4 Å². The van der Waals surface area contributed by atoms with Crippen LogP contribution < -0.4 is 4.31 Å². The molecule has 1 aromatic rings. The molecule has 0 unspecified atom stereocenters. The summed E-state index contributed by atoms with van der Waals surface area (Å²) in [6.07, 6.45) is 2.44. The molecule has 0 amide bonds. The van der Waals surface area contributed by atoms with Crippen molar-refractivity contribution in [1.82, 2.24) is 0 Å². The van der Waals surface area contributed by atoms with E-state index in [0.29, 0.717) is 5.56 Å². The van der Waals surface area contributed by atoms with Gasteiger partial charge in [0.05, 0.1) is 11.2 Å². The molecule has 0 saturated heterocycles. The first kappa shape index (κ1) is 13.2. The first-order chi connectivity index (χ1) is 7.77. The van der Waals surface area contributed by atoms with Crippen molar-refractivity contribution in [3.8, 4) is 0 Å². The van der Waals surface area contributed by atoms with Gasteiger partial charge in [0.1, 0.15) is 5.69 Å². The molecular formula is C10H12N2O4S. The van der Waals surface area contributed by atoms with Crippen LogP contribution in [0.4, 0.5) is 11.4 Å². The number of benzene rings is 1. The van der Waals surface area contributed by atoms with Crippen molar-refractivity contribution in [3.05, 3.63) is 40.5 Å². The summed E-state index contributed by atoms with van der Waals surface area (Å²) < 4.78 is 23.6. The van der Waals surface area contributed by atoms with Crippen molar-refractivity contribution in [2.45, 2.75) is 0 Å². The highest BCUT2D eigenvalue weighted by Gasteiger charge is 2.22. The second-order valence-corrected chi connectivity index (χ2v) is 5.45. The Balaban J connectivity index is 3.44. The topological polar surface area (TPSA) is 80.5 Å². The predicted octanol–water partition coefficient (Wildman–Crippen LogP) is 1.63. The van der Waals surface area contributed by atoms with Gasteiger partial charge in [0.15, 0.2) is 0 Å². The molecule has 0 saturated carbocycles. The second kappa shape index (κ2) is 4.54. The van der Waals surface area contributed by atoms with Crippen LogP contribution in [-0.2, 0) is 10.0 Å². The van der Waals surface area contributed by atoms with E-state index in [0.717, 1.165) is 10.6 Å². The molecule has 0 N–H and O–H groups in total. The van der Waals surface area contributed by atoms with E-state index in [1.807, 2.05) is 0 Å². The van der Waals surface area contributed by atoms with Gasteiger partial charge in [-0.1, -0.05) is 18.7 Å². The molecule has 0 spiro atoms. The molecule has 0 bridgehead atoms. The first-order valence-electron chi connectivity index (χ1n) is 4.62. The van der Waals surface area contributed by atoms with Crippen LogP contribution in [0.25, 0.3) is 6.08 Å². The highest BCUT2D eigenvalue weighted by molar-refractivity contribution is 7.92. The number of nitro benzene ring substituents is 1. The molecule has 0 aliphatic carbocycles. The van der Waals surface area contributed by atoms with Gasteiger partial charge < -0.3 is 0 Å². The average Bonchev–Trinajstić information content (AvgIpc) is 2.25. The zero-order chi connectivity index (χ0) is 13.2. The van der Waals surface area contributed by atoms with Crippen LogP contribution in [-0.4, -0.2) is 26.6 Å². The highest BCUT2D eigenvalue weighted by Crippen LogP contribution is 2.30. The van der Waals surface area contributed by atoms with Crippen LogP contribution in [0.2, 0.25) is 0 Å². The molecular weight excluding hydrogens is 244 g/mol. The fraction of sp³-hybridized carbons (Fsp3) is 0.200. The van der Waals surface area contributed by atoms with Crippen molar-refractivity contribution in [2.75, 3.05) is 17.6 Å². The maximum Gasteiger partial charge on any atom is 0.294 e. The van der Waals surface area contributed by atoms with Crippen molar-refractivity contribution in [1.29, 1.82) is 0 Å². The zero-order valence-corrected chi connectivity index (χ0v) is 10.3. The Morgan fingerprint density at radius 2 is 2.06 bits per heavy atom. The Labute approximate surface area is 99.4 Å². The third-order valence-corrected chi connectivity index (χ3v) is 3.46. The van der Waals surface area contributed by atoms with Gasteiger partial charge in [-0.05, 0) is 11.6 Å². The van der Waals surface area contributed by atoms with Gasteiger partial charge in [-0.25, -0.2) is 8.42 Å². The summed E-state index contributed by atoms with van der Waals surface area (Å²) in [5, 5.41) is 10.9. The third kappa shape index (κ3) is 2.82. The Bertz CT molecular complexity index is 566. The minimum absolute atomic E-state index is 0.0306. The van der Waals surface area contributed by atoms with Gasteiger partial charge in [-0.15, -0.1) is 0 Å². The SMILES string of the molecule is C=Cc1ccc(N(C)S(C)(=O)=O)c([N+](=O)[O-])c1. The van der Waals surface area contributed by atoms with Crippen molar-refractivity contribution in [2.24, 2.45) is 0 Å². The average molecular weight is 256 g/mol. The Morgan fingerprint density at radius 1 is 1.47 bits per heavy atom. The van der Waals surface area contributed by atoms with Crippen LogP contribution in [0.1, 0.15) is 5.56 Å². The highest BCUT2D eigenvalue weighted by atomic mass is 32.2. The van der Waals surface area contributed by atoms with E-state index in [9.17, 15) is 18.5 Å². The number of nitrogens with zero attached hydrogens (tertiary/aromatic N) is 2. The zero-order valence-electron chi connectivity index (χ0n) is 9.45. The van der Waals surface area contributed by atoms with E-state index in [-0.39, 0.29) is 11.4 Å². The first-order valence-corrected chi connectivity index (χ1v) is 6.47. The molecule has 0 fully saturated rings. The summed E-state index contributed by atoms with van der Waals surface area (Å²) in [7, 11) is -2.26. The van der Waals surface area contributed by atoms with Gasteiger partial charge >= 0.3 is 0 Å². The largest absolute Gasteiger partial charge is 0.294 e. The van der Waals surface area contributed by atoms with E-state index >= 15 is 0 Å². The van der Waals surface area contributed by atoms with Crippen LogP contribution >= 0.6 is 0 Å². The van der Waals surface area contributed by atoms with Crippen LogP contribution in [0, 0.1) is 10.1 Å². The lowest BCUT2D eigenvalue weighted by Crippen LogP contribution is -2.25. The van der Waals surface area contributed by atoms with E-state index in [4.69, 9.17) is 0 Å². The summed E-state index contributed by atoms with van der Waals surface area (Å²) >= 11 is 0. The monoisotopic (exact) mass is 256 g/mol. The Kier molecular flexibility index (Phi) is 3.52. The molecule has 0 aromatic heterocycles. The maximum atomic E-state index is 11.3. The second-order valence-electron chi connectivity index (χ2n) is 3.44. The lowest BCUT2D eigenvalue weighted by atomic mass is 10.2. The number of hydrogen-bond acceptors (Lipinski definition) is 4. The lowest BCUT2D eigenvalue weighted by Gasteiger charge is -2.16. The summed E-state index contributed by atoms with van der Waals surface area (Å²) in [6.45, 7) is 3.50. The normalized spacial score (nSPS) is 10.9. The number of nitro groups is 1. The van der Waals surface area contributed by atoms with Gasteiger partial charge in [0, 0.05) is 13.1 Å². The standard InChI is InChI=1S/C10H12N2O4S/c1-4-8-5-6-9(10(7-8)12(13)14)11(2)17(3,15)16/h4-7H,1H2,2-3H3. The molecule has 0 radical (unpaired) electrons. The predicted molar refractivity (Wildman–Crippen MR) is 66.4 cm³/mol. The smallest absolute Gasteiger partial charge is 0.267 e. The molecule has 1 rings (SSSR count). The summed E-state index contributed by atoms with van der Waals surface area (Å²) in [4.78, 5) is 10.3. The molecule has 1 aromatic carbocycles. The lowest BCUT2D eigenvalue weighted by molar-refractivity contribution is -0.384. The number of hydrogen-bond donors (Lipinski definition) is 0. The molecule has 17 heavy (non-hydrogen) atoms. The number of rotatable bonds is 4. The molecule has 7 heteroatoms. The van der Waals surface area contributed by atoms with Gasteiger partial charge in [0.2, 0.25) is 10.0 Å². The summed E-state index contributed by atoms with van der Waals surface area (Å²) in [5.74, 6) is 0. The minimum atomic E-state index is -3.53. The van der Waals surface area contributed by atoms with Crippen molar-refractivity contribution < 1.29 is 13.3 Å². The van der Waals surface area contributed by atoms with Crippen molar-refractivity contribution >= 4 is 27.5 Å². The molecule has 0 atom stereocenters. The fourth-order valence-corrected chi connectivity index (χ4v) is 1.77. The maximum absolute atomic E-state index is 11.3. The quantitative estimate of drug-likeness (QED) is 0.605. The molecule has 0 aliphatic rings.